The molecule has 0 radical (unpaired) electrons. The Morgan fingerprint density at radius 1 is 0.800 bits per heavy atom. The van der Waals surface area contributed by atoms with Crippen molar-refractivity contribution in [2.45, 2.75) is 0 Å². The van der Waals surface area contributed by atoms with E-state index in [0.29, 0.717) is 0 Å². The second kappa shape index (κ2) is 65.7. The number of hydrogen-bond donors (Lipinski definition) is 2. The summed E-state index contributed by atoms with van der Waals surface area (Å²) in [6.45, 7) is 0. The van der Waals surface area contributed by atoms with Crippen molar-refractivity contribution in [2.75, 3.05) is 0 Å². The summed E-state index contributed by atoms with van der Waals surface area (Å²) in [6, 6.07) is 0. The molecule has 0 fully saturated rings. The highest BCUT2D eigenvalue weighted by molar-refractivity contribution is 8.93. The number of hydrazine groups is 1. The van der Waals surface area contributed by atoms with Gasteiger partial charge in [-0.25, -0.2) is 0 Å². The Morgan fingerprint density at radius 2 is 0.800 bits per heavy atom. The van der Waals surface area contributed by atoms with Crippen LogP contribution in [0.2, 0.25) is 0 Å². The Hall–Kier alpha value is 1.17. The van der Waals surface area contributed by atoms with E-state index in [-0.39, 0.29) is 46.4 Å². The average Bonchev–Trinajstić information content (AvgIpc) is 1.00. The Bertz CT molecular complexity index is 7.61. The molecular formula is H7Br2ClN2. The van der Waals surface area contributed by atoms with Crippen LogP contribution in [0.15, 0.2) is 0 Å². The molecule has 0 atom stereocenters. The second-order valence-corrected chi connectivity index (χ2v) is 0. The standard InChI is InChI=1S/2BrH.ClH.H4N2/c;;;1-2/h3*1H;1-2H2. The van der Waals surface area contributed by atoms with Gasteiger partial charge >= 0.3 is 0 Å². The molecule has 0 heterocycles. The molecule has 0 aromatic rings. The summed E-state index contributed by atoms with van der Waals surface area (Å²) in [7, 11) is 0. The lowest BCUT2D eigenvalue weighted by molar-refractivity contribution is 1.26. The second-order valence-electron chi connectivity index (χ2n) is 0. The molecule has 4 N–H and O–H groups in total. The van der Waals surface area contributed by atoms with Crippen molar-refractivity contribution in [3.05, 3.63) is 0 Å². The van der Waals surface area contributed by atoms with Crippen LogP contribution in [0.4, 0.5) is 0 Å². The Balaban J connectivity index is -0.00000000167. The van der Waals surface area contributed by atoms with Crippen LogP contribution >= 0.6 is 46.4 Å². The van der Waals surface area contributed by atoms with E-state index >= 15 is 0 Å². The smallest absolute Gasteiger partial charge is 0.114 e. The summed E-state index contributed by atoms with van der Waals surface area (Å²) in [4.78, 5) is 0. The lowest BCUT2D eigenvalue weighted by atomic mass is 13.0. The van der Waals surface area contributed by atoms with Gasteiger partial charge in [-0.3, -0.25) is 11.7 Å². The van der Waals surface area contributed by atoms with Crippen LogP contribution in [0, 0.1) is 0 Å². The van der Waals surface area contributed by atoms with Crippen LogP contribution in [0.25, 0.3) is 0 Å². The molecule has 5 heavy (non-hydrogen) atoms. The first-order valence-electron chi connectivity index (χ1n) is 0.333. The highest BCUT2D eigenvalue weighted by Crippen LogP contribution is 0.847. The van der Waals surface area contributed by atoms with Crippen molar-refractivity contribution >= 4 is 46.4 Å². The van der Waals surface area contributed by atoms with Crippen molar-refractivity contribution in [2.24, 2.45) is 11.7 Å². The maximum absolute atomic E-state index is 4.00. The number of halogens is 3. The Labute approximate surface area is 58.2 Å². The van der Waals surface area contributed by atoms with E-state index in [1.54, 1.807) is 0 Å². The summed E-state index contributed by atoms with van der Waals surface area (Å²) >= 11 is 0. The van der Waals surface area contributed by atoms with Gasteiger partial charge in [-0.05, 0) is 0 Å². The first-order valence-corrected chi connectivity index (χ1v) is 0.333. The van der Waals surface area contributed by atoms with Gasteiger partial charge in [0, 0.05) is 0 Å². The van der Waals surface area contributed by atoms with Gasteiger partial charge in [0.1, 0.15) is 0 Å². The van der Waals surface area contributed by atoms with Crippen molar-refractivity contribution in [3.8, 4) is 0 Å². The fraction of sp³-hybridized carbons (Fsp3) is 0. The molecule has 0 bridgehead atoms. The predicted molar refractivity (Wildman–Crippen MR) is 36.3 cm³/mol. The molecule has 0 aliphatic rings. The minimum atomic E-state index is 0. The maximum Gasteiger partial charge on any atom is -0.114 e. The van der Waals surface area contributed by atoms with Gasteiger partial charge in [0.05, 0.1) is 0 Å². The topological polar surface area (TPSA) is 52.0 Å². The van der Waals surface area contributed by atoms with Gasteiger partial charge in [-0.15, -0.1) is 46.4 Å². The Kier molecular flexibility index (Phi) is 460. The molecule has 0 unspecified atom stereocenters. The molecule has 0 aromatic heterocycles. The number of hydrogen-bond acceptors (Lipinski definition) is 2. The van der Waals surface area contributed by atoms with Crippen molar-refractivity contribution < 1.29 is 0 Å². The van der Waals surface area contributed by atoms with Gasteiger partial charge in [-0.1, -0.05) is 0 Å². The summed E-state index contributed by atoms with van der Waals surface area (Å²) in [5, 5.41) is 0. The molecule has 5 heteroatoms. The van der Waals surface area contributed by atoms with Crippen LogP contribution in [-0.4, -0.2) is 0 Å². The van der Waals surface area contributed by atoms with Crippen LogP contribution in [0.1, 0.15) is 0 Å². The van der Waals surface area contributed by atoms with Gasteiger partial charge in [-0.2, -0.15) is 0 Å². The zero-order valence-electron chi connectivity index (χ0n) is 2.38. The predicted octanol–water partition coefficient (Wildman–Crippen LogP) is 0.396. The van der Waals surface area contributed by atoms with E-state index < -0.39 is 0 Å². The summed E-state index contributed by atoms with van der Waals surface area (Å²) in [5.41, 5.74) is 0. The molecule has 0 saturated carbocycles. The highest BCUT2D eigenvalue weighted by Gasteiger charge is 0.726. The molecule has 0 aromatic carbocycles. The summed E-state index contributed by atoms with van der Waals surface area (Å²) in [5.74, 6) is 8.00. The van der Waals surface area contributed by atoms with Crippen LogP contribution in [-0.2, 0) is 0 Å². The van der Waals surface area contributed by atoms with Crippen molar-refractivity contribution in [1.29, 1.82) is 0 Å². The minimum Gasteiger partial charge on any atom is -0.274 e. The van der Waals surface area contributed by atoms with E-state index in [0.717, 1.165) is 0 Å². The maximum atomic E-state index is 4.00. The quantitative estimate of drug-likeness (QED) is 0.467. The van der Waals surface area contributed by atoms with E-state index in [4.69, 9.17) is 0 Å². The first-order chi connectivity index (χ1) is 1.00. The average molecular weight is 230 g/mol. The van der Waals surface area contributed by atoms with Crippen LogP contribution < -0.4 is 11.7 Å². The third-order valence-electron chi connectivity index (χ3n) is 0. The molecule has 0 spiro atoms. The first kappa shape index (κ1) is 35.0. The number of rotatable bonds is 0. The monoisotopic (exact) mass is 228 g/mol. The normalized spacial score (nSPS) is 1.20. The molecule has 0 aliphatic carbocycles. The Morgan fingerprint density at radius 3 is 0.800 bits per heavy atom. The fourth-order valence-corrected chi connectivity index (χ4v) is 0. The van der Waals surface area contributed by atoms with Crippen molar-refractivity contribution in [1.82, 2.24) is 0 Å². The summed E-state index contributed by atoms with van der Waals surface area (Å²) in [6.07, 6.45) is 0. The molecule has 0 rings (SSSR count). The lowest BCUT2D eigenvalue weighted by Crippen LogP contribution is -2.02. The SMILES string of the molecule is Br.Br.Cl.NN. The molecular weight excluding hydrogens is 223 g/mol. The third kappa shape index (κ3) is 38.0. The fourth-order valence-electron chi connectivity index (χ4n) is 0. The van der Waals surface area contributed by atoms with Crippen LogP contribution in [0.3, 0.4) is 0 Å². The zero-order valence-corrected chi connectivity index (χ0v) is 6.62. The van der Waals surface area contributed by atoms with Gasteiger partial charge in [0.15, 0.2) is 0 Å². The van der Waals surface area contributed by atoms with Gasteiger partial charge < -0.3 is 0 Å². The molecule has 0 amide bonds. The molecule has 38 valence electrons. The third-order valence-corrected chi connectivity index (χ3v) is 0. The highest BCUT2D eigenvalue weighted by atomic mass is 79.9. The minimum absolute atomic E-state index is 0. The molecule has 0 aliphatic heterocycles. The van der Waals surface area contributed by atoms with E-state index in [1.165, 1.54) is 0 Å². The van der Waals surface area contributed by atoms with E-state index in [9.17, 15) is 0 Å². The zero-order chi connectivity index (χ0) is 2.00. The van der Waals surface area contributed by atoms with Gasteiger partial charge in [0.2, 0.25) is 0 Å². The summed E-state index contributed by atoms with van der Waals surface area (Å²) < 4.78 is 0. The largest absolute Gasteiger partial charge is 0.274 e. The lowest BCUT2D eigenvalue weighted by Gasteiger charge is -1.27. The molecule has 2 nitrogen and oxygen atoms in total. The van der Waals surface area contributed by atoms with Crippen molar-refractivity contribution in [3.63, 3.8) is 0 Å². The van der Waals surface area contributed by atoms with E-state index in [2.05, 4.69) is 11.7 Å². The molecule has 0 saturated heterocycles. The number of nitrogens with two attached hydrogens (primary N) is 2. The van der Waals surface area contributed by atoms with Gasteiger partial charge in [0.25, 0.3) is 0 Å². The van der Waals surface area contributed by atoms with E-state index in [1.807, 2.05) is 0 Å². The van der Waals surface area contributed by atoms with Crippen LogP contribution in [0.5, 0.6) is 0 Å².